The quantitative estimate of drug-likeness (QED) is 0.157. The molecule has 0 spiro atoms. The van der Waals surface area contributed by atoms with Gasteiger partial charge >= 0.3 is 5.97 Å². The van der Waals surface area contributed by atoms with Gasteiger partial charge < -0.3 is 44.5 Å². The molecule has 0 radical (unpaired) electrons. The minimum Gasteiger partial charge on any atom is -0.507 e. The number of aromatic hydroxyl groups is 1. The van der Waals surface area contributed by atoms with Crippen LogP contribution in [0.3, 0.4) is 0 Å². The molecule has 3 aromatic heterocycles. The van der Waals surface area contributed by atoms with Gasteiger partial charge in [-0.3, -0.25) is 9.69 Å². The zero-order valence-corrected chi connectivity index (χ0v) is 31.4. The van der Waals surface area contributed by atoms with Gasteiger partial charge in [0.05, 0.1) is 23.6 Å². The molecule has 1 aromatic carbocycles. The first-order valence-electron chi connectivity index (χ1n) is 19.5. The van der Waals surface area contributed by atoms with E-state index in [-0.39, 0.29) is 30.0 Å². The Labute approximate surface area is 320 Å². The average molecular weight is 755 g/mol. The van der Waals surface area contributed by atoms with Crippen LogP contribution in [0.25, 0.3) is 11.3 Å². The molecule has 292 valence electrons. The lowest BCUT2D eigenvalue weighted by molar-refractivity contribution is -0.140. The third-order valence-electron chi connectivity index (χ3n) is 11.5. The number of ether oxygens (including phenoxy) is 3. The first-order chi connectivity index (χ1) is 26.7. The topological polar surface area (TPSA) is 186 Å². The second kappa shape index (κ2) is 15.9. The molecule has 8 rings (SSSR count). The SMILES string of the molecule is CC(C)C(C(=O)O)c1cc(OCCN2CCC(O[C@H]3C[C@H](Oc4cc(N5C6CCC5CN(c5cc(-c7ccccc7O)nnc5N)C6)ccn4)C3)CC2)no1. The van der Waals surface area contributed by atoms with Crippen LogP contribution in [0.1, 0.15) is 64.1 Å². The number of phenolic OH excluding ortho intramolecular Hbond substituents is 1. The number of phenols is 1. The van der Waals surface area contributed by atoms with Gasteiger partial charge in [0.15, 0.2) is 11.6 Å². The summed E-state index contributed by atoms with van der Waals surface area (Å²) < 4.78 is 23.8. The monoisotopic (exact) mass is 754 g/mol. The third kappa shape index (κ3) is 8.13. The number of anilines is 3. The van der Waals surface area contributed by atoms with Crippen LogP contribution in [0.2, 0.25) is 0 Å². The normalized spacial score (nSPS) is 23.5. The Hall–Kier alpha value is -5.15. The van der Waals surface area contributed by atoms with Crippen LogP contribution in [0.4, 0.5) is 17.2 Å². The average Bonchev–Trinajstić information content (AvgIpc) is 3.72. The van der Waals surface area contributed by atoms with E-state index in [1.54, 1.807) is 18.2 Å². The van der Waals surface area contributed by atoms with Crippen molar-refractivity contribution in [1.29, 1.82) is 0 Å². The molecule has 55 heavy (non-hydrogen) atoms. The maximum absolute atomic E-state index is 11.6. The Morgan fingerprint density at radius 2 is 1.73 bits per heavy atom. The number of carbonyl (C=O) groups is 1. The summed E-state index contributed by atoms with van der Waals surface area (Å²) in [5.41, 5.74) is 9.55. The van der Waals surface area contributed by atoms with Crippen molar-refractivity contribution in [1.82, 2.24) is 25.2 Å². The molecule has 2 bridgehead atoms. The molecule has 4 aromatic rings. The number of carboxylic acids is 1. The number of pyridine rings is 1. The number of aromatic nitrogens is 4. The molecule has 15 nitrogen and oxygen atoms in total. The van der Waals surface area contributed by atoms with Gasteiger partial charge in [-0.1, -0.05) is 26.0 Å². The lowest BCUT2D eigenvalue weighted by atomic mass is 9.91. The number of piperazine rings is 1. The van der Waals surface area contributed by atoms with Crippen LogP contribution >= 0.6 is 0 Å². The van der Waals surface area contributed by atoms with E-state index in [9.17, 15) is 15.0 Å². The van der Waals surface area contributed by atoms with Crippen molar-refractivity contribution in [3.8, 4) is 28.8 Å². The number of nitrogens with two attached hydrogens (primary N) is 1. The largest absolute Gasteiger partial charge is 0.507 e. The fraction of sp³-hybridized carbons (Fsp3) is 0.525. The Morgan fingerprint density at radius 1 is 0.964 bits per heavy atom. The lowest BCUT2D eigenvalue weighted by Gasteiger charge is -2.43. The minimum atomic E-state index is -0.932. The number of aliphatic carboxylic acids is 1. The Balaban J connectivity index is 0.770. The molecule has 0 amide bonds. The Kier molecular flexibility index (Phi) is 10.6. The van der Waals surface area contributed by atoms with E-state index in [1.807, 2.05) is 38.2 Å². The van der Waals surface area contributed by atoms with Gasteiger partial charge in [-0.05, 0) is 61.0 Å². The zero-order valence-electron chi connectivity index (χ0n) is 31.4. The molecule has 4 fully saturated rings. The van der Waals surface area contributed by atoms with E-state index >= 15 is 0 Å². The molecule has 3 saturated heterocycles. The summed E-state index contributed by atoms with van der Waals surface area (Å²) in [5, 5.41) is 32.3. The molecule has 3 aliphatic heterocycles. The Morgan fingerprint density at radius 3 is 2.45 bits per heavy atom. The Bertz CT molecular complexity index is 1930. The van der Waals surface area contributed by atoms with Crippen LogP contribution in [0.5, 0.6) is 17.5 Å². The highest BCUT2D eigenvalue weighted by molar-refractivity contribution is 5.76. The van der Waals surface area contributed by atoms with E-state index in [0.717, 1.165) is 82.6 Å². The number of benzene rings is 1. The molecule has 4 N–H and O–H groups in total. The number of piperidine rings is 1. The van der Waals surface area contributed by atoms with Crippen molar-refractivity contribution in [2.45, 2.75) is 88.7 Å². The molecule has 6 heterocycles. The first kappa shape index (κ1) is 36.8. The molecule has 4 aliphatic rings. The van der Waals surface area contributed by atoms with Gasteiger partial charge in [0.25, 0.3) is 5.88 Å². The van der Waals surface area contributed by atoms with Crippen molar-refractivity contribution >= 4 is 23.2 Å². The highest BCUT2D eigenvalue weighted by Crippen LogP contribution is 2.40. The van der Waals surface area contributed by atoms with Gasteiger partial charge in [0, 0.05) is 87.2 Å². The van der Waals surface area contributed by atoms with Crippen molar-refractivity contribution < 1.29 is 33.7 Å². The van der Waals surface area contributed by atoms with E-state index in [4.69, 9.17) is 24.5 Å². The molecule has 3 atom stereocenters. The van der Waals surface area contributed by atoms with Crippen LogP contribution in [0.15, 0.2) is 59.3 Å². The maximum Gasteiger partial charge on any atom is 0.314 e. The fourth-order valence-electron chi connectivity index (χ4n) is 8.55. The van der Waals surface area contributed by atoms with Crippen molar-refractivity contribution in [3.63, 3.8) is 0 Å². The van der Waals surface area contributed by atoms with Crippen LogP contribution in [0, 0.1) is 5.92 Å². The maximum atomic E-state index is 11.6. The van der Waals surface area contributed by atoms with Crippen molar-refractivity contribution in [3.05, 3.63) is 60.5 Å². The summed E-state index contributed by atoms with van der Waals surface area (Å²) in [7, 11) is 0. The number of hydrogen-bond donors (Lipinski definition) is 3. The minimum absolute atomic E-state index is 0.0855. The number of likely N-dealkylation sites (tertiary alicyclic amines) is 1. The highest BCUT2D eigenvalue weighted by Gasteiger charge is 2.41. The molecular formula is C40H50N8O7. The second-order valence-corrected chi connectivity index (χ2v) is 15.6. The summed E-state index contributed by atoms with van der Waals surface area (Å²) >= 11 is 0. The number of rotatable bonds is 14. The molecule has 1 aliphatic carbocycles. The van der Waals surface area contributed by atoms with Crippen LogP contribution in [-0.2, 0) is 9.53 Å². The standard InChI is InChI=1S/C40H50N8O7/c1-24(2)38(40(50)51)35-21-37(45-55-35)52-16-15-46-13-10-28(11-14-46)53-29-18-30(19-29)54-36-17-25(9-12-42-36)48-26-7-8-27(48)23-47(22-26)33-20-32(43-44-39(33)41)31-5-3-4-6-34(31)49/h3-6,9,12,17,20-21,24,26-30,38,49H,7-8,10-11,13-16,18-19,22-23H2,1-2H3,(H2,41,44)(H,50,51)/t26?,27?,29-,30-,38?. The predicted molar refractivity (Wildman–Crippen MR) is 204 cm³/mol. The summed E-state index contributed by atoms with van der Waals surface area (Å²) in [5.74, 6) is 0.0476. The summed E-state index contributed by atoms with van der Waals surface area (Å²) in [4.78, 5) is 23.3. The molecule has 15 heteroatoms. The predicted octanol–water partition coefficient (Wildman–Crippen LogP) is 4.97. The van der Waals surface area contributed by atoms with E-state index < -0.39 is 11.9 Å². The van der Waals surface area contributed by atoms with Gasteiger partial charge in [-0.2, -0.15) is 0 Å². The van der Waals surface area contributed by atoms with E-state index in [0.29, 0.717) is 53.3 Å². The summed E-state index contributed by atoms with van der Waals surface area (Å²) in [6.45, 7) is 8.35. The number of carboxylic acid groups (broad SMARTS) is 1. The van der Waals surface area contributed by atoms with Crippen LogP contribution < -0.4 is 25.0 Å². The third-order valence-corrected chi connectivity index (χ3v) is 11.5. The zero-order chi connectivity index (χ0) is 38.1. The van der Waals surface area contributed by atoms with Crippen LogP contribution in [-0.4, -0.2) is 111 Å². The highest BCUT2D eigenvalue weighted by atomic mass is 16.5. The van der Waals surface area contributed by atoms with Gasteiger partial charge in [-0.15, -0.1) is 10.2 Å². The van der Waals surface area contributed by atoms with Crippen molar-refractivity contribution in [2.24, 2.45) is 5.92 Å². The number of para-hydroxylation sites is 1. The number of nitrogens with zero attached hydrogens (tertiary/aromatic N) is 7. The van der Waals surface area contributed by atoms with Crippen molar-refractivity contribution in [2.75, 3.05) is 54.9 Å². The van der Waals surface area contributed by atoms with Gasteiger partial charge in [0.2, 0.25) is 5.88 Å². The van der Waals surface area contributed by atoms with Gasteiger partial charge in [-0.25, -0.2) is 4.98 Å². The van der Waals surface area contributed by atoms with E-state index in [1.165, 1.54) is 0 Å². The molecular weight excluding hydrogens is 704 g/mol. The number of nitrogen functional groups attached to an aromatic ring is 1. The molecule has 1 saturated carbocycles. The first-order valence-corrected chi connectivity index (χ1v) is 19.5. The summed E-state index contributed by atoms with van der Waals surface area (Å²) in [6.07, 6.45) is 8.15. The second-order valence-electron chi connectivity index (χ2n) is 15.6. The summed E-state index contributed by atoms with van der Waals surface area (Å²) in [6, 6.07) is 15.4. The smallest absolute Gasteiger partial charge is 0.314 e. The number of hydrogen-bond acceptors (Lipinski definition) is 14. The fourth-order valence-corrected chi connectivity index (χ4v) is 8.55. The lowest BCUT2D eigenvalue weighted by Crippen LogP contribution is -2.54. The van der Waals surface area contributed by atoms with E-state index in [2.05, 4.69) is 47.2 Å². The number of fused-ring (bicyclic) bond motifs is 2. The van der Waals surface area contributed by atoms with Gasteiger partial charge in [0.1, 0.15) is 24.4 Å². The molecule has 3 unspecified atom stereocenters.